The molecule has 4 rings (SSSR count). The molecule has 29 heavy (non-hydrogen) atoms. The summed E-state index contributed by atoms with van der Waals surface area (Å²) in [5, 5.41) is 6.28. The molecule has 0 saturated carbocycles. The summed E-state index contributed by atoms with van der Waals surface area (Å²) in [6.07, 6.45) is -2.54. The zero-order valence-electron chi connectivity index (χ0n) is 15.3. The van der Waals surface area contributed by atoms with Crippen molar-refractivity contribution in [1.29, 1.82) is 0 Å². The van der Waals surface area contributed by atoms with Crippen molar-refractivity contribution in [3.8, 4) is 11.8 Å². The molecule has 1 heterocycles. The van der Waals surface area contributed by atoms with Gasteiger partial charge in [-0.1, -0.05) is 48.2 Å². The molecule has 0 radical (unpaired) electrons. The van der Waals surface area contributed by atoms with Gasteiger partial charge in [-0.3, -0.25) is 0 Å². The number of halogens is 3. The Hall–Kier alpha value is -3.59. The lowest BCUT2D eigenvalue weighted by atomic mass is 10.1. The van der Waals surface area contributed by atoms with Crippen molar-refractivity contribution in [3.05, 3.63) is 78.1 Å². The number of benzene rings is 3. The smallest absolute Gasteiger partial charge is 0.368 e. The van der Waals surface area contributed by atoms with Crippen LogP contribution in [0.15, 0.2) is 67.0 Å². The molecule has 0 bridgehead atoms. The van der Waals surface area contributed by atoms with Crippen LogP contribution < -0.4 is 5.32 Å². The second-order valence-electron chi connectivity index (χ2n) is 6.46. The third-order valence-corrected chi connectivity index (χ3v) is 4.50. The van der Waals surface area contributed by atoms with E-state index in [0.717, 1.165) is 27.7 Å². The highest BCUT2D eigenvalue weighted by molar-refractivity contribution is 6.00. The first-order valence-corrected chi connectivity index (χ1v) is 9.05. The van der Waals surface area contributed by atoms with Crippen molar-refractivity contribution in [1.82, 2.24) is 9.97 Å². The van der Waals surface area contributed by atoms with Gasteiger partial charge in [0, 0.05) is 23.9 Å². The molecule has 1 aromatic heterocycles. The Labute approximate surface area is 165 Å². The van der Waals surface area contributed by atoms with Crippen LogP contribution in [-0.4, -0.2) is 16.5 Å². The predicted octanol–water partition coefficient (Wildman–Crippen LogP) is 5.66. The first kappa shape index (κ1) is 18.8. The molecule has 0 aliphatic rings. The van der Waals surface area contributed by atoms with E-state index in [1.807, 2.05) is 36.4 Å². The minimum atomic E-state index is -4.41. The summed E-state index contributed by atoms with van der Waals surface area (Å²) in [6, 6.07) is 17.4. The van der Waals surface area contributed by atoms with E-state index in [2.05, 4.69) is 27.1 Å². The highest BCUT2D eigenvalue weighted by Gasteiger charge is 2.32. The number of fused-ring (bicyclic) bond motifs is 2. The van der Waals surface area contributed by atoms with Gasteiger partial charge in [-0.25, -0.2) is 9.97 Å². The zero-order chi connectivity index (χ0) is 20.3. The van der Waals surface area contributed by atoms with E-state index < -0.39 is 11.7 Å². The molecular weight excluding hydrogens is 375 g/mol. The van der Waals surface area contributed by atoms with Crippen LogP contribution in [0.4, 0.5) is 19.0 Å². The summed E-state index contributed by atoms with van der Waals surface area (Å²) in [6.45, 7) is 0.458. The third-order valence-electron chi connectivity index (χ3n) is 4.50. The highest BCUT2D eigenvalue weighted by atomic mass is 19.4. The predicted molar refractivity (Wildman–Crippen MR) is 108 cm³/mol. The second-order valence-corrected chi connectivity index (χ2v) is 6.46. The fourth-order valence-electron chi connectivity index (χ4n) is 3.12. The molecule has 144 valence electrons. The van der Waals surface area contributed by atoms with E-state index in [9.17, 15) is 13.2 Å². The molecule has 0 unspecified atom stereocenters. The minimum absolute atomic E-state index is 0.0149. The molecule has 0 spiro atoms. The lowest BCUT2D eigenvalue weighted by molar-refractivity contribution is -0.137. The van der Waals surface area contributed by atoms with Crippen LogP contribution in [0.1, 0.15) is 17.5 Å². The Morgan fingerprint density at radius 3 is 2.41 bits per heavy atom. The van der Waals surface area contributed by atoms with Gasteiger partial charge in [0.2, 0.25) is 0 Å². The number of nitrogens with one attached hydrogen (secondary N) is 1. The van der Waals surface area contributed by atoms with Gasteiger partial charge < -0.3 is 5.32 Å². The summed E-state index contributed by atoms with van der Waals surface area (Å²) in [7, 11) is 0. The summed E-state index contributed by atoms with van der Waals surface area (Å²) in [5.41, 5.74) is 0.0967. The SMILES string of the molecule is FC(F)(F)c1ccccc1C#CCCNc1ncnc2cc3ccccc3cc12. The molecule has 6 heteroatoms. The van der Waals surface area contributed by atoms with Crippen molar-refractivity contribution >= 4 is 27.5 Å². The number of aromatic nitrogens is 2. The molecule has 3 aromatic carbocycles. The fourth-order valence-corrected chi connectivity index (χ4v) is 3.12. The second kappa shape index (κ2) is 7.80. The van der Waals surface area contributed by atoms with Gasteiger partial charge >= 0.3 is 6.18 Å². The van der Waals surface area contributed by atoms with Crippen molar-refractivity contribution in [3.63, 3.8) is 0 Å². The maximum absolute atomic E-state index is 13.0. The van der Waals surface area contributed by atoms with Gasteiger partial charge in [0.05, 0.1) is 11.1 Å². The van der Waals surface area contributed by atoms with Gasteiger partial charge in [0.1, 0.15) is 12.1 Å². The summed E-state index contributed by atoms with van der Waals surface area (Å²) < 4.78 is 39.0. The van der Waals surface area contributed by atoms with E-state index in [1.165, 1.54) is 18.5 Å². The van der Waals surface area contributed by atoms with Crippen LogP contribution >= 0.6 is 0 Å². The Morgan fingerprint density at radius 1 is 0.897 bits per heavy atom. The lowest BCUT2D eigenvalue weighted by Crippen LogP contribution is -2.07. The summed E-state index contributed by atoms with van der Waals surface area (Å²) in [5.74, 6) is 6.11. The average Bonchev–Trinajstić information content (AvgIpc) is 2.72. The molecular formula is C23H16F3N3. The standard InChI is InChI=1S/C23H16F3N3/c24-23(25,26)20-11-4-3-7-16(20)8-5-6-12-27-22-19-13-17-9-1-2-10-18(17)14-21(19)28-15-29-22/h1-4,7,9-11,13-15H,6,12H2,(H,27,28,29). The molecule has 4 aromatic rings. The van der Waals surface area contributed by atoms with E-state index in [1.54, 1.807) is 6.07 Å². The number of alkyl halides is 3. The van der Waals surface area contributed by atoms with Crippen LogP contribution in [-0.2, 0) is 6.18 Å². The lowest BCUT2D eigenvalue weighted by Gasteiger charge is -2.08. The highest BCUT2D eigenvalue weighted by Crippen LogP contribution is 2.31. The zero-order valence-corrected chi connectivity index (χ0v) is 15.3. The van der Waals surface area contributed by atoms with E-state index in [0.29, 0.717) is 18.8 Å². The van der Waals surface area contributed by atoms with Gasteiger partial charge in [-0.2, -0.15) is 13.2 Å². The number of hydrogen-bond donors (Lipinski definition) is 1. The molecule has 3 nitrogen and oxygen atoms in total. The largest absolute Gasteiger partial charge is 0.417 e. The topological polar surface area (TPSA) is 37.8 Å². The molecule has 0 atom stereocenters. The Morgan fingerprint density at radius 2 is 1.62 bits per heavy atom. The van der Waals surface area contributed by atoms with Gasteiger partial charge in [0.25, 0.3) is 0 Å². The van der Waals surface area contributed by atoms with Crippen LogP contribution in [0, 0.1) is 11.8 Å². The van der Waals surface area contributed by atoms with E-state index in [-0.39, 0.29) is 5.56 Å². The van der Waals surface area contributed by atoms with Crippen LogP contribution in [0.25, 0.3) is 21.7 Å². The van der Waals surface area contributed by atoms with Crippen molar-refractivity contribution in [2.75, 3.05) is 11.9 Å². The van der Waals surface area contributed by atoms with Gasteiger partial charge in [-0.15, -0.1) is 0 Å². The number of nitrogens with zero attached hydrogens (tertiary/aromatic N) is 2. The van der Waals surface area contributed by atoms with Crippen LogP contribution in [0.2, 0.25) is 0 Å². The molecule has 0 amide bonds. The average molecular weight is 391 g/mol. The maximum Gasteiger partial charge on any atom is 0.417 e. The molecule has 0 fully saturated rings. The number of anilines is 1. The van der Waals surface area contributed by atoms with Crippen LogP contribution in [0.3, 0.4) is 0 Å². The first-order valence-electron chi connectivity index (χ1n) is 9.05. The third kappa shape index (κ3) is 4.14. The van der Waals surface area contributed by atoms with Crippen molar-refractivity contribution in [2.45, 2.75) is 12.6 Å². The van der Waals surface area contributed by atoms with E-state index in [4.69, 9.17) is 0 Å². The minimum Gasteiger partial charge on any atom is -0.368 e. The summed E-state index contributed by atoms with van der Waals surface area (Å²) in [4.78, 5) is 8.62. The fraction of sp³-hybridized carbons (Fsp3) is 0.130. The normalized spacial score (nSPS) is 11.3. The quantitative estimate of drug-likeness (QED) is 0.278. The first-order chi connectivity index (χ1) is 14.0. The van der Waals surface area contributed by atoms with Gasteiger partial charge in [0.15, 0.2) is 0 Å². The van der Waals surface area contributed by atoms with Crippen molar-refractivity contribution < 1.29 is 13.2 Å². The van der Waals surface area contributed by atoms with Crippen LogP contribution in [0.5, 0.6) is 0 Å². The number of rotatable bonds is 3. The molecule has 0 aliphatic heterocycles. The van der Waals surface area contributed by atoms with Gasteiger partial charge in [-0.05, 0) is 35.0 Å². The van der Waals surface area contributed by atoms with E-state index >= 15 is 0 Å². The molecule has 1 N–H and O–H groups in total. The number of hydrogen-bond acceptors (Lipinski definition) is 3. The Kier molecular flexibility index (Phi) is 5.05. The molecule has 0 aliphatic carbocycles. The Bertz CT molecular complexity index is 1240. The van der Waals surface area contributed by atoms with Crippen molar-refractivity contribution in [2.24, 2.45) is 0 Å². The summed E-state index contributed by atoms with van der Waals surface area (Å²) >= 11 is 0. The Balaban J connectivity index is 1.50. The monoisotopic (exact) mass is 391 g/mol. The molecule has 0 saturated heterocycles. The maximum atomic E-state index is 13.0.